The van der Waals surface area contributed by atoms with E-state index in [1.807, 2.05) is 18.3 Å². The molecular formula is C13H16N4O. The molecule has 0 spiro atoms. The van der Waals surface area contributed by atoms with Gasteiger partial charge in [0.25, 0.3) is 5.91 Å². The number of carbonyl (C=O) groups excluding carboxylic acids is 1. The summed E-state index contributed by atoms with van der Waals surface area (Å²) in [6.45, 7) is 0.505. The van der Waals surface area contributed by atoms with Gasteiger partial charge in [-0.1, -0.05) is 0 Å². The number of nitrogens with zero attached hydrogens (tertiary/aromatic N) is 2. The summed E-state index contributed by atoms with van der Waals surface area (Å²) >= 11 is 0. The number of nitrogens with one attached hydrogen (secondary N) is 2. The van der Waals surface area contributed by atoms with E-state index in [0.717, 1.165) is 11.3 Å². The summed E-state index contributed by atoms with van der Waals surface area (Å²) in [6, 6.07) is 4.32. The molecule has 94 valence electrons. The second-order valence-electron chi connectivity index (χ2n) is 4.67. The summed E-state index contributed by atoms with van der Waals surface area (Å²) in [5.41, 5.74) is 1.73. The molecule has 0 atom stereocenters. The Morgan fingerprint density at radius 3 is 3.11 bits per heavy atom. The van der Waals surface area contributed by atoms with Gasteiger partial charge in [-0.15, -0.1) is 0 Å². The maximum absolute atomic E-state index is 12.1. The number of carbonyl (C=O) groups is 1. The summed E-state index contributed by atoms with van der Waals surface area (Å²) in [5.74, 6) is -0.0203. The first-order valence-corrected chi connectivity index (χ1v) is 6.27. The Morgan fingerprint density at radius 2 is 2.44 bits per heavy atom. The Labute approximate surface area is 105 Å². The fourth-order valence-electron chi connectivity index (χ4n) is 2.22. The van der Waals surface area contributed by atoms with Crippen molar-refractivity contribution in [1.82, 2.24) is 20.1 Å². The van der Waals surface area contributed by atoms with E-state index >= 15 is 0 Å². The summed E-state index contributed by atoms with van der Waals surface area (Å²) in [4.78, 5) is 12.1. The third kappa shape index (κ3) is 2.03. The van der Waals surface area contributed by atoms with Gasteiger partial charge in [0.1, 0.15) is 5.69 Å². The molecule has 2 heterocycles. The Morgan fingerprint density at radius 1 is 1.56 bits per heavy atom. The molecule has 5 heteroatoms. The molecule has 1 amide bonds. The molecule has 1 fully saturated rings. The van der Waals surface area contributed by atoms with Gasteiger partial charge in [0.2, 0.25) is 0 Å². The van der Waals surface area contributed by atoms with Gasteiger partial charge in [0, 0.05) is 30.5 Å². The molecule has 0 unspecified atom stereocenters. The highest BCUT2D eigenvalue weighted by Gasteiger charge is 2.22. The third-order valence-corrected chi connectivity index (χ3v) is 3.49. The molecule has 1 saturated carbocycles. The van der Waals surface area contributed by atoms with E-state index in [4.69, 9.17) is 0 Å². The first-order valence-electron chi connectivity index (χ1n) is 6.27. The Kier molecular flexibility index (Phi) is 2.88. The number of hydrogen-bond donors (Lipinski definition) is 2. The molecule has 1 aliphatic carbocycles. The van der Waals surface area contributed by atoms with Crippen LogP contribution in [0.1, 0.15) is 41.4 Å². The quantitative estimate of drug-likeness (QED) is 0.862. The average Bonchev–Trinajstić information content (AvgIpc) is 2.94. The number of rotatable bonds is 4. The zero-order valence-electron chi connectivity index (χ0n) is 10.1. The van der Waals surface area contributed by atoms with Crippen molar-refractivity contribution in [2.24, 2.45) is 0 Å². The molecule has 0 bridgehead atoms. The second kappa shape index (κ2) is 4.68. The molecule has 0 aromatic carbocycles. The van der Waals surface area contributed by atoms with Crippen molar-refractivity contribution in [3.63, 3.8) is 0 Å². The van der Waals surface area contributed by atoms with Crippen LogP contribution in [-0.4, -0.2) is 20.7 Å². The number of H-pyrrole nitrogens is 1. The molecule has 0 aliphatic heterocycles. The lowest BCUT2D eigenvalue weighted by Gasteiger charge is -2.28. The summed E-state index contributed by atoms with van der Waals surface area (Å²) < 4.78 is 2.09. The summed E-state index contributed by atoms with van der Waals surface area (Å²) in [6.07, 6.45) is 9.11. The minimum atomic E-state index is -0.0203. The number of aromatic amines is 1. The molecule has 3 rings (SSSR count). The smallest absolute Gasteiger partial charge is 0.268 e. The zero-order valence-corrected chi connectivity index (χ0v) is 10.1. The number of hydrogen-bond acceptors (Lipinski definition) is 2. The first-order chi connectivity index (χ1) is 8.84. The van der Waals surface area contributed by atoms with Crippen molar-refractivity contribution in [3.05, 3.63) is 42.0 Å². The van der Waals surface area contributed by atoms with Crippen molar-refractivity contribution in [3.8, 4) is 0 Å². The number of aromatic nitrogens is 3. The van der Waals surface area contributed by atoms with Crippen molar-refractivity contribution in [2.75, 3.05) is 0 Å². The Hall–Kier alpha value is -2.04. The van der Waals surface area contributed by atoms with E-state index in [1.165, 1.54) is 19.3 Å². The van der Waals surface area contributed by atoms with Gasteiger partial charge in [0.05, 0.1) is 6.20 Å². The maximum atomic E-state index is 12.1. The van der Waals surface area contributed by atoms with E-state index in [0.29, 0.717) is 12.6 Å². The van der Waals surface area contributed by atoms with Crippen LogP contribution >= 0.6 is 0 Å². The van der Waals surface area contributed by atoms with Crippen LogP contribution in [0.15, 0.2) is 30.7 Å². The highest BCUT2D eigenvalue weighted by atomic mass is 16.1. The maximum Gasteiger partial charge on any atom is 0.268 e. The predicted octanol–water partition coefficient (Wildman–Crippen LogP) is 1.87. The van der Waals surface area contributed by atoms with Crippen LogP contribution in [0.3, 0.4) is 0 Å². The lowest BCUT2D eigenvalue weighted by Crippen LogP contribution is -2.28. The van der Waals surface area contributed by atoms with Crippen LogP contribution in [0.4, 0.5) is 0 Å². The second-order valence-corrected chi connectivity index (χ2v) is 4.67. The van der Waals surface area contributed by atoms with E-state index in [1.54, 1.807) is 12.4 Å². The van der Waals surface area contributed by atoms with Gasteiger partial charge in [0.15, 0.2) is 0 Å². The van der Waals surface area contributed by atoms with E-state index in [2.05, 4.69) is 20.1 Å². The Balaban J connectivity index is 1.66. The van der Waals surface area contributed by atoms with Gasteiger partial charge >= 0.3 is 0 Å². The Bertz CT molecular complexity index is 525. The monoisotopic (exact) mass is 244 g/mol. The van der Waals surface area contributed by atoms with Crippen molar-refractivity contribution < 1.29 is 4.79 Å². The molecule has 1 aliphatic rings. The molecule has 18 heavy (non-hydrogen) atoms. The predicted molar refractivity (Wildman–Crippen MR) is 67.1 cm³/mol. The summed E-state index contributed by atoms with van der Waals surface area (Å²) in [5, 5.41) is 9.49. The highest BCUT2D eigenvalue weighted by Crippen LogP contribution is 2.32. The lowest BCUT2D eigenvalue weighted by atomic mass is 9.93. The van der Waals surface area contributed by atoms with Crippen LogP contribution < -0.4 is 5.32 Å². The molecule has 2 aromatic heterocycles. The van der Waals surface area contributed by atoms with E-state index in [9.17, 15) is 4.79 Å². The van der Waals surface area contributed by atoms with Gasteiger partial charge < -0.3 is 9.88 Å². The lowest BCUT2D eigenvalue weighted by molar-refractivity contribution is 0.0936. The van der Waals surface area contributed by atoms with Crippen molar-refractivity contribution in [2.45, 2.75) is 31.8 Å². The highest BCUT2D eigenvalue weighted by molar-refractivity contribution is 5.92. The fourth-order valence-corrected chi connectivity index (χ4v) is 2.22. The minimum absolute atomic E-state index is 0.0203. The average molecular weight is 244 g/mol. The standard InChI is InChI=1S/C13H16N4O/c18-13(14-7-10-8-15-16-9-10)12-5-2-6-17(12)11-3-1-4-11/h2,5-6,8-9,11H,1,3-4,7H2,(H,14,18)(H,15,16). The topological polar surface area (TPSA) is 62.7 Å². The van der Waals surface area contributed by atoms with E-state index in [-0.39, 0.29) is 5.91 Å². The van der Waals surface area contributed by atoms with Crippen LogP contribution in [0.5, 0.6) is 0 Å². The molecule has 2 aromatic rings. The molecule has 0 saturated heterocycles. The SMILES string of the molecule is O=C(NCc1cn[nH]c1)c1cccn1C1CCC1. The molecule has 2 N–H and O–H groups in total. The van der Waals surface area contributed by atoms with Crippen molar-refractivity contribution in [1.29, 1.82) is 0 Å². The van der Waals surface area contributed by atoms with Crippen LogP contribution in [0, 0.1) is 0 Å². The summed E-state index contributed by atoms with van der Waals surface area (Å²) in [7, 11) is 0. The van der Waals surface area contributed by atoms with Crippen LogP contribution in [0.2, 0.25) is 0 Å². The normalized spacial score (nSPS) is 15.3. The largest absolute Gasteiger partial charge is 0.347 e. The van der Waals surface area contributed by atoms with Crippen LogP contribution in [0.25, 0.3) is 0 Å². The minimum Gasteiger partial charge on any atom is -0.347 e. The first kappa shape index (κ1) is 11.1. The van der Waals surface area contributed by atoms with Gasteiger partial charge in [-0.3, -0.25) is 9.89 Å². The molecule has 5 nitrogen and oxygen atoms in total. The van der Waals surface area contributed by atoms with Gasteiger partial charge in [-0.2, -0.15) is 5.10 Å². The molecular weight excluding hydrogens is 228 g/mol. The zero-order chi connectivity index (χ0) is 12.4. The number of amides is 1. The fraction of sp³-hybridized carbons (Fsp3) is 0.385. The third-order valence-electron chi connectivity index (χ3n) is 3.49. The molecule has 0 radical (unpaired) electrons. The van der Waals surface area contributed by atoms with Gasteiger partial charge in [-0.05, 0) is 31.4 Å². The van der Waals surface area contributed by atoms with Crippen LogP contribution in [-0.2, 0) is 6.54 Å². The van der Waals surface area contributed by atoms with Gasteiger partial charge in [-0.25, -0.2) is 0 Å². The van der Waals surface area contributed by atoms with E-state index < -0.39 is 0 Å². The van der Waals surface area contributed by atoms with Crippen molar-refractivity contribution >= 4 is 5.91 Å².